The summed E-state index contributed by atoms with van der Waals surface area (Å²) >= 11 is 0. The maximum absolute atomic E-state index is 11.8. The topological polar surface area (TPSA) is 96.8 Å². The Hall–Kier alpha value is -2.44. The molecule has 1 atom stereocenters. The second-order valence-electron chi connectivity index (χ2n) is 4.11. The third-order valence-electron chi connectivity index (χ3n) is 2.89. The number of pyridine rings is 1. The molecule has 1 saturated heterocycles. The van der Waals surface area contributed by atoms with Crippen LogP contribution in [0.25, 0.3) is 0 Å². The zero-order valence-electron chi connectivity index (χ0n) is 10.2. The predicted octanol–water partition coefficient (Wildman–Crippen LogP) is 0.306. The Kier molecular flexibility index (Phi) is 3.46. The van der Waals surface area contributed by atoms with Crippen LogP contribution in [-0.2, 0) is 14.3 Å². The van der Waals surface area contributed by atoms with Crippen LogP contribution in [0.15, 0.2) is 18.2 Å². The first-order valence-electron chi connectivity index (χ1n) is 5.61. The van der Waals surface area contributed by atoms with Gasteiger partial charge in [-0.3, -0.25) is 14.5 Å². The second-order valence-corrected chi connectivity index (χ2v) is 4.11. The molecule has 19 heavy (non-hydrogen) atoms. The molecule has 7 heteroatoms. The summed E-state index contributed by atoms with van der Waals surface area (Å²) in [5.41, 5.74) is -0.146. The van der Waals surface area contributed by atoms with Crippen molar-refractivity contribution in [1.29, 1.82) is 0 Å². The van der Waals surface area contributed by atoms with Gasteiger partial charge in [0.1, 0.15) is 5.82 Å². The minimum absolute atomic E-state index is 0.0473. The van der Waals surface area contributed by atoms with Crippen LogP contribution in [0.4, 0.5) is 5.82 Å². The zero-order chi connectivity index (χ0) is 14.0. The summed E-state index contributed by atoms with van der Waals surface area (Å²) in [6.45, 7) is 0.154. The van der Waals surface area contributed by atoms with Crippen LogP contribution < -0.4 is 4.90 Å². The molecule has 0 aliphatic carbocycles. The van der Waals surface area contributed by atoms with E-state index in [1.807, 2.05) is 0 Å². The van der Waals surface area contributed by atoms with Crippen LogP contribution in [0, 0.1) is 5.92 Å². The second kappa shape index (κ2) is 5.05. The van der Waals surface area contributed by atoms with Crippen molar-refractivity contribution in [2.45, 2.75) is 6.42 Å². The van der Waals surface area contributed by atoms with Gasteiger partial charge in [-0.05, 0) is 12.1 Å². The summed E-state index contributed by atoms with van der Waals surface area (Å²) < 4.78 is 4.60. The van der Waals surface area contributed by atoms with E-state index < -0.39 is 17.9 Å². The van der Waals surface area contributed by atoms with E-state index in [9.17, 15) is 14.4 Å². The van der Waals surface area contributed by atoms with E-state index in [1.54, 1.807) is 0 Å². The molecule has 0 radical (unpaired) electrons. The number of amides is 1. The third kappa shape index (κ3) is 2.54. The van der Waals surface area contributed by atoms with Gasteiger partial charge in [-0.2, -0.15) is 0 Å². The van der Waals surface area contributed by atoms with Gasteiger partial charge in [-0.1, -0.05) is 6.07 Å². The normalized spacial score (nSPS) is 18.5. The van der Waals surface area contributed by atoms with Gasteiger partial charge in [-0.25, -0.2) is 9.78 Å². The number of esters is 1. The number of carbonyl (C=O) groups is 3. The Morgan fingerprint density at radius 1 is 1.47 bits per heavy atom. The highest BCUT2D eigenvalue weighted by molar-refractivity contribution is 5.99. The smallest absolute Gasteiger partial charge is 0.354 e. The summed E-state index contributed by atoms with van der Waals surface area (Å²) in [4.78, 5) is 39.2. The Morgan fingerprint density at radius 3 is 2.84 bits per heavy atom. The van der Waals surface area contributed by atoms with Crippen molar-refractivity contribution in [3.63, 3.8) is 0 Å². The molecular formula is C12H12N2O5. The number of aromatic carboxylic acids is 1. The van der Waals surface area contributed by atoms with E-state index in [0.717, 1.165) is 0 Å². The van der Waals surface area contributed by atoms with Crippen molar-refractivity contribution >= 4 is 23.7 Å². The summed E-state index contributed by atoms with van der Waals surface area (Å²) in [6, 6.07) is 4.37. The summed E-state index contributed by atoms with van der Waals surface area (Å²) in [6.07, 6.45) is 0.0473. The average molecular weight is 264 g/mol. The molecular weight excluding hydrogens is 252 g/mol. The molecule has 0 aromatic carbocycles. The standard InChI is InChI=1S/C12H12N2O5/c1-19-12(18)7-5-10(15)14(6-7)9-4-2-3-8(13-9)11(16)17/h2-4,7H,5-6H2,1H3,(H,16,17). The lowest BCUT2D eigenvalue weighted by atomic mass is 10.1. The molecule has 1 amide bonds. The minimum atomic E-state index is -1.17. The van der Waals surface area contributed by atoms with Gasteiger partial charge in [0, 0.05) is 13.0 Å². The molecule has 7 nitrogen and oxygen atoms in total. The Balaban J connectivity index is 2.23. The lowest BCUT2D eigenvalue weighted by Gasteiger charge is -2.15. The SMILES string of the molecule is COC(=O)C1CC(=O)N(c2cccc(C(=O)O)n2)C1. The number of carbonyl (C=O) groups excluding carboxylic acids is 2. The maximum atomic E-state index is 11.8. The molecule has 1 N–H and O–H groups in total. The monoisotopic (exact) mass is 264 g/mol. The van der Waals surface area contributed by atoms with Gasteiger partial charge in [0.25, 0.3) is 0 Å². The highest BCUT2D eigenvalue weighted by Crippen LogP contribution is 2.24. The molecule has 1 aliphatic rings. The molecule has 1 fully saturated rings. The Labute approximate surface area is 108 Å². The van der Waals surface area contributed by atoms with E-state index in [0.29, 0.717) is 0 Å². The Morgan fingerprint density at radius 2 is 2.21 bits per heavy atom. The molecule has 0 saturated carbocycles. The van der Waals surface area contributed by atoms with E-state index >= 15 is 0 Å². The fourth-order valence-electron chi connectivity index (χ4n) is 1.95. The number of rotatable bonds is 3. The zero-order valence-corrected chi connectivity index (χ0v) is 10.2. The Bertz CT molecular complexity index is 543. The van der Waals surface area contributed by atoms with E-state index in [1.165, 1.54) is 30.2 Å². The van der Waals surface area contributed by atoms with Gasteiger partial charge >= 0.3 is 11.9 Å². The lowest BCUT2D eigenvalue weighted by molar-refractivity contribution is -0.145. The minimum Gasteiger partial charge on any atom is -0.477 e. The molecule has 0 spiro atoms. The summed E-state index contributed by atoms with van der Waals surface area (Å²) in [5, 5.41) is 8.86. The maximum Gasteiger partial charge on any atom is 0.354 e. The van der Waals surface area contributed by atoms with E-state index in [4.69, 9.17) is 5.11 Å². The number of carboxylic acid groups (broad SMARTS) is 1. The van der Waals surface area contributed by atoms with E-state index in [2.05, 4.69) is 9.72 Å². The molecule has 0 bridgehead atoms. The molecule has 1 aromatic rings. The van der Waals surface area contributed by atoms with Crippen molar-refractivity contribution in [2.24, 2.45) is 5.92 Å². The first-order valence-corrected chi connectivity index (χ1v) is 5.61. The fraction of sp³-hybridized carbons (Fsp3) is 0.333. The van der Waals surface area contributed by atoms with Crippen molar-refractivity contribution < 1.29 is 24.2 Å². The van der Waals surface area contributed by atoms with E-state index in [-0.39, 0.29) is 30.4 Å². The van der Waals surface area contributed by atoms with Gasteiger partial charge in [0.15, 0.2) is 5.69 Å². The molecule has 2 rings (SSSR count). The molecule has 100 valence electrons. The number of hydrogen-bond acceptors (Lipinski definition) is 5. The molecule has 1 unspecified atom stereocenters. The van der Waals surface area contributed by atoms with Crippen LogP contribution in [0.2, 0.25) is 0 Å². The van der Waals surface area contributed by atoms with Crippen LogP contribution in [-0.4, -0.2) is 41.6 Å². The van der Waals surface area contributed by atoms with Gasteiger partial charge in [0.05, 0.1) is 13.0 Å². The number of methoxy groups -OCH3 is 1. The highest BCUT2D eigenvalue weighted by Gasteiger charge is 2.36. The van der Waals surface area contributed by atoms with Crippen LogP contribution >= 0.6 is 0 Å². The first kappa shape index (κ1) is 13.0. The summed E-state index contributed by atoms with van der Waals surface area (Å²) in [5.74, 6) is -2.20. The molecule has 1 aliphatic heterocycles. The average Bonchev–Trinajstić information content (AvgIpc) is 2.80. The summed E-state index contributed by atoms with van der Waals surface area (Å²) in [7, 11) is 1.26. The van der Waals surface area contributed by atoms with Crippen molar-refractivity contribution in [1.82, 2.24) is 4.98 Å². The number of nitrogens with zero attached hydrogens (tertiary/aromatic N) is 2. The van der Waals surface area contributed by atoms with Crippen molar-refractivity contribution in [3.05, 3.63) is 23.9 Å². The third-order valence-corrected chi connectivity index (χ3v) is 2.89. The molecule has 1 aromatic heterocycles. The lowest BCUT2D eigenvalue weighted by Crippen LogP contribution is -2.27. The number of aromatic nitrogens is 1. The van der Waals surface area contributed by atoms with Crippen LogP contribution in [0.5, 0.6) is 0 Å². The first-order chi connectivity index (χ1) is 9.02. The number of ether oxygens (including phenoxy) is 1. The number of anilines is 1. The highest BCUT2D eigenvalue weighted by atomic mass is 16.5. The van der Waals surface area contributed by atoms with Crippen molar-refractivity contribution in [2.75, 3.05) is 18.6 Å². The number of hydrogen-bond donors (Lipinski definition) is 1. The van der Waals surface area contributed by atoms with Crippen LogP contribution in [0.1, 0.15) is 16.9 Å². The quantitative estimate of drug-likeness (QED) is 0.789. The predicted molar refractivity (Wildman–Crippen MR) is 63.7 cm³/mol. The van der Waals surface area contributed by atoms with Crippen LogP contribution in [0.3, 0.4) is 0 Å². The fourth-order valence-corrected chi connectivity index (χ4v) is 1.95. The van der Waals surface area contributed by atoms with Gasteiger partial charge < -0.3 is 9.84 Å². The largest absolute Gasteiger partial charge is 0.477 e. The van der Waals surface area contributed by atoms with Gasteiger partial charge in [0.2, 0.25) is 5.91 Å². The van der Waals surface area contributed by atoms with Gasteiger partial charge in [-0.15, -0.1) is 0 Å². The number of carboxylic acids is 1. The molecule has 2 heterocycles. The van der Waals surface area contributed by atoms with Crippen molar-refractivity contribution in [3.8, 4) is 0 Å².